The number of hydrogen-bond acceptors (Lipinski definition) is 4. The number of aromatic nitrogens is 2. The topological polar surface area (TPSA) is 86.4 Å². The van der Waals surface area contributed by atoms with Gasteiger partial charge in [-0.15, -0.1) is 0 Å². The Labute approximate surface area is 145 Å². The van der Waals surface area contributed by atoms with Gasteiger partial charge in [0.05, 0.1) is 0 Å². The fraction of sp³-hybridized carbons (Fsp3) is 0.667. The van der Waals surface area contributed by atoms with Gasteiger partial charge in [-0.05, 0) is 32.1 Å². The highest BCUT2D eigenvalue weighted by atomic mass is 16.2. The summed E-state index contributed by atoms with van der Waals surface area (Å²) in [6, 6.07) is 1.31. The molecule has 0 atom stereocenters. The van der Waals surface area contributed by atoms with Crippen molar-refractivity contribution in [1.82, 2.24) is 19.8 Å². The van der Waals surface area contributed by atoms with Crippen LogP contribution in [0.4, 0.5) is 0 Å². The molecular weight excluding hydrogens is 320 g/mol. The Balaban J connectivity index is 1.27. The number of nitrogens with zero attached hydrogens (tertiary/aromatic N) is 3. The van der Waals surface area contributed by atoms with Gasteiger partial charge in [0.25, 0.3) is 11.5 Å². The molecular formula is C18H22N4O3. The first kappa shape index (κ1) is 15.1. The molecule has 7 nitrogen and oxygen atoms in total. The van der Waals surface area contributed by atoms with E-state index in [1.54, 1.807) is 4.90 Å². The van der Waals surface area contributed by atoms with Crippen molar-refractivity contribution in [3.8, 4) is 0 Å². The zero-order valence-electron chi connectivity index (χ0n) is 14.2. The summed E-state index contributed by atoms with van der Waals surface area (Å²) in [6.45, 7) is 2.87. The molecule has 0 bridgehead atoms. The molecule has 1 aromatic heterocycles. The molecule has 1 N–H and O–H groups in total. The number of aromatic amines is 1. The van der Waals surface area contributed by atoms with E-state index in [1.807, 2.05) is 4.90 Å². The van der Waals surface area contributed by atoms with Crippen molar-refractivity contribution in [3.05, 3.63) is 27.9 Å². The zero-order valence-corrected chi connectivity index (χ0v) is 14.2. The van der Waals surface area contributed by atoms with E-state index in [0.29, 0.717) is 30.7 Å². The second-order valence-electron chi connectivity index (χ2n) is 8.24. The molecule has 0 aromatic carbocycles. The average Bonchev–Trinajstić information content (AvgIpc) is 3.47. The van der Waals surface area contributed by atoms with Crippen LogP contribution in [-0.2, 0) is 4.79 Å². The van der Waals surface area contributed by atoms with Crippen molar-refractivity contribution in [2.45, 2.75) is 38.0 Å². The maximum atomic E-state index is 12.8. The summed E-state index contributed by atoms with van der Waals surface area (Å²) in [4.78, 5) is 47.6. The molecule has 4 fully saturated rings. The molecule has 0 unspecified atom stereocenters. The fourth-order valence-electron chi connectivity index (χ4n) is 4.17. The lowest BCUT2D eigenvalue weighted by Crippen LogP contribution is -2.60. The molecule has 4 aliphatic rings. The van der Waals surface area contributed by atoms with E-state index in [0.717, 1.165) is 45.2 Å². The van der Waals surface area contributed by atoms with Gasteiger partial charge in [-0.3, -0.25) is 14.4 Å². The molecule has 2 saturated carbocycles. The standard InChI is InChI=1S/C18H22N4O3/c23-14-7-13(19-15(20-14)11-1-2-11)17(25)21-6-5-18(8-21)9-22(10-18)16(24)12-3-4-12/h7,11-12H,1-6,8-10H2,(H,19,20,23). The second kappa shape index (κ2) is 5.16. The van der Waals surface area contributed by atoms with Crippen LogP contribution >= 0.6 is 0 Å². The van der Waals surface area contributed by atoms with Gasteiger partial charge in [-0.2, -0.15) is 0 Å². The predicted molar refractivity (Wildman–Crippen MR) is 89.1 cm³/mol. The number of hydrogen-bond donors (Lipinski definition) is 1. The van der Waals surface area contributed by atoms with E-state index < -0.39 is 0 Å². The second-order valence-corrected chi connectivity index (χ2v) is 8.24. The van der Waals surface area contributed by atoms with E-state index >= 15 is 0 Å². The van der Waals surface area contributed by atoms with Crippen LogP contribution in [0.5, 0.6) is 0 Å². The van der Waals surface area contributed by atoms with Crippen molar-refractivity contribution in [3.63, 3.8) is 0 Å². The Morgan fingerprint density at radius 3 is 2.52 bits per heavy atom. The normalized spacial score (nSPS) is 24.5. The highest BCUT2D eigenvalue weighted by molar-refractivity contribution is 5.92. The van der Waals surface area contributed by atoms with Crippen molar-refractivity contribution in [2.24, 2.45) is 11.3 Å². The Kier molecular flexibility index (Phi) is 3.12. The summed E-state index contributed by atoms with van der Waals surface area (Å²) < 4.78 is 0. The Hall–Kier alpha value is -2.18. The molecule has 1 aromatic rings. The minimum absolute atomic E-state index is 0.0563. The van der Waals surface area contributed by atoms with Crippen LogP contribution in [0.1, 0.15) is 54.3 Å². The SMILES string of the molecule is O=C(c1cc(=O)[nH]c(C2CC2)n1)N1CCC2(C1)CN(C(=O)C1CC1)C2. The predicted octanol–water partition coefficient (Wildman–Crippen LogP) is 0.732. The molecule has 3 heterocycles. The number of nitrogens with one attached hydrogen (secondary N) is 1. The highest BCUT2D eigenvalue weighted by Gasteiger charge is 2.52. The van der Waals surface area contributed by atoms with Crippen LogP contribution in [0.25, 0.3) is 0 Å². The van der Waals surface area contributed by atoms with Crippen molar-refractivity contribution < 1.29 is 9.59 Å². The minimum atomic E-state index is -0.251. The first-order valence-electron chi connectivity index (χ1n) is 9.22. The third kappa shape index (κ3) is 2.65. The molecule has 2 aliphatic carbocycles. The first-order chi connectivity index (χ1) is 12.0. The van der Waals surface area contributed by atoms with Crippen LogP contribution in [0, 0.1) is 11.3 Å². The van der Waals surface area contributed by atoms with Gasteiger partial charge in [0.1, 0.15) is 11.5 Å². The van der Waals surface area contributed by atoms with Gasteiger partial charge in [-0.25, -0.2) is 4.98 Å². The number of amides is 2. The number of likely N-dealkylation sites (tertiary alicyclic amines) is 2. The van der Waals surface area contributed by atoms with Crippen molar-refractivity contribution >= 4 is 11.8 Å². The minimum Gasteiger partial charge on any atom is -0.341 e. The molecule has 1 spiro atoms. The summed E-state index contributed by atoms with van der Waals surface area (Å²) in [5, 5.41) is 0. The van der Waals surface area contributed by atoms with E-state index in [4.69, 9.17) is 0 Å². The van der Waals surface area contributed by atoms with Gasteiger partial charge in [0.2, 0.25) is 5.91 Å². The van der Waals surface area contributed by atoms with Crippen LogP contribution in [0.2, 0.25) is 0 Å². The molecule has 5 rings (SSSR count). The van der Waals surface area contributed by atoms with Gasteiger partial charge in [0, 0.05) is 49.5 Å². The number of carbonyl (C=O) groups excluding carboxylic acids is 2. The first-order valence-corrected chi connectivity index (χ1v) is 9.22. The Morgan fingerprint density at radius 1 is 1.12 bits per heavy atom. The molecule has 25 heavy (non-hydrogen) atoms. The lowest BCUT2D eigenvalue weighted by Gasteiger charge is -2.48. The maximum absolute atomic E-state index is 12.8. The molecule has 2 amide bonds. The van der Waals surface area contributed by atoms with Gasteiger partial charge >= 0.3 is 0 Å². The molecule has 132 valence electrons. The molecule has 7 heteroatoms. The van der Waals surface area contributed by atoms with E-state index in [9.17, 15) is 14.4 Å². The number of rotatable bonds is 3. The van der Waals surface area contributed by atoms with E-state index in [1.165, 1.54) is 6.07 Å². The third-order valence-corrected chi connectivity index (χ3v) is 5.96. The van der Waals surface area contributed by atoms with Gasteiger partial charge < -0.3 is 14.8 Å². The van der Waals surface area contributed by atoms with E-state index in [-0.39, 0.29) is 28.5 Å². The monoisotopic (exact) mass is 342 g/mol. The lowest BCUT2D eigenvalue weighted by molar-refractivity contribution is -0.144. The Bertz CT molecular complexity index is 803. The van der Waals surface area contributed by atoms with Crippen LogP contribution in [0.3, 0.4) is 0 Å². The van der Waals surface area contributed by atoms with Crippen molar-refractivity contribution in [1.29, 1.82) is 0 Å². The summed E-state index contributed by atoms with van der Waals surface area (Å²) in [7, 11) is 0. The third-order valence-electron chi connectivity index (χ3n) is 5.96. The average molecular weight is 342 g/mol. The zero-order chi connectivity index (χ0) is 17.2. The van der Waals surface area contributed by atoms with Crippen molar-refractivity contribution in [2.75, 3.05) is 26.2 Å². The summed E-state index contributed by atoms with van der Waals surface area (Å²) in [6.07, 6.45) is 5.04. The summed E-state index contributed by atoms with van der Waals surface area (Å²) in [5.41, 5.74) is 0.0627. The van der Waals surface area contributed by atoms with E-state index in [2.05, 4.69) is 9.97 Å². The van der Waals surface area contributed by atoms with Crippen LogP contribution in [-0.4, -0.2) is 57.8 Å². The largest absolute Gasteiger partial charge is 0.341 e. The highest BCUT2D eigenvalue weighted by Crippen LogP contribution is 2.43. The number of H-pyrrole nitrogens is 1. The summed E-state index contributed by atoms with van der Waals surface area (Å²) in [5.74, 6) is 1.35. The van der Waals surface area contributed by atoms with Crippen LogP contribution in [0.15, 0.2) is 10.9 Å². The quantitative estimate of drug-likeness (QED) is 0.877. The lowest BCUT2D eigenvalue weighted by atomic mass is 9.79. The smallest absolute Gasteiger partial charge is 0.272 e. The van der Waals surface area contributed by atoms with Crippen LogP contribution < -0.4 is 5.56 Å². The van der Waals surface area contributed by atoms with Gasteiger partial charge in [0.15, 0.2) is 0 Å². The maximum Gasteiger partial charge on any atom is 0.272 e. The Morgan fingerprint density at radius 2 is 1.84 bits per heavy atom. The fourth-order valence-corrected chi connectivity index (χ4v) is 4.17. The molecule has 0 radical (unpaired) electrons. The molecule has 2 saturated heterocycles. The van der Waals surface area contributed by atoms with Gasteiger partial charge in [-0.1, -0.05) is 0 Å². The number of carbonyl (C=O) groups is 2. The summed E-state index contributed by atoms with van der Waals surface area (Å²) >= 11 is 0. The molecule has 2 aliphatic heterocycles.